The second-order valence-electron chi connectivity index (χ2n) is 4.21. The van der Waals surface area contributed by atoms with E-state index in [0.717, 1.165) is 0 Å². The Bertz CT molecular complexity index is 474. The van der Waals surface area contributed by atoms with Crippen molar-refractivity contribution < 1.29 is 19.4 Å². The largest absolute Gasteiger partial charge is 0.507 e. The average Bonchev–Trinajstić information content (AvgIpc) is 2.38. The van der Waals surface area contributed by atoms with E-state index in [0.29, 0.717) is 31.7 Å². The van der Waals surface area contributed by atoms with Crippen molar-refractivity contribution in [1.29, 1.82) is 0 Å². The highest BCUT2D eigenvalue weighted by Crippen LogP contribution is 2.25. The third-order valence-electron chi connectivity index (χ3n) is 3.04. The van der Waals surface area contributed by atoms with Gasteiger partial charge < -0.3 is 14.7 Å². The molecule has 1 fully saturated rings. The summed E-state index contributed by atoms with van der Waals surface area (Å²) >= 11 is 0. The third-order valence-corrected chi connectivity index (χ3v) is 3.04. The van der Waals surface area contributed by atoms with Crippen LogP contribution in [0.1, 0.15) is 23.2 Å². The summed E-state index contributed by atoms with van der Waals surface area (Å²) in [7, 11) is 1.49. The van der Waals surface area contributed by atoms with E-state index in [1.165, 1.54) is 19.2 Å². The van der Waals surface area contributed by atoms with E-state index in [9.17, 15) is 14.7 Å². The van der Waals surface area contributed by atoms with Gasteiger partial charge in [-0.15, -0.1) is 0 Å². The number of ketones is 1. The topological polar surface area (TPSA) is 66.8 Å². The molecule has 0 radical (unpaired) electrons. The number of amides is 1. The Balaban J connectivity index is 2.16. The summed E-state index contributed by atoms with van der Waals surface area (Å²) < 4.78 is 4.96. The molecule has 0 aromatic heterocycles. The zero-order valence-electron chi connectivity index (χ0n) is 10.2. The maximum Gasteiger partial charge on any atom is 0.257 e. The number of nitrogens with zero attached hydrogens (tertiary/aromatic N) is 1. The molecule has 0 atom stereocenters. The second-order valence-corrected chi connectivity index (χ2v) is 4.21. The maximum atomic E-state index is 12.1. The number of carbonyl (C=O) groups excluding carboxylic acids is 2. The molecule has 1 saturated heterocycles. The zero-order valence-corrected chi connectivity index (χ0v) is 10.2. The lowest BCUT2D eigenvalue weighted by Crippen LogP contribution is -2.38. The molecule has 18 heavy (non-hydrogen) atoms. The highest BCUT2D eigenvalue weighted by molar-refractivity contribution is 5.98. The van der Waals surface area contributed by atoms with Crippen LogP contribution in [0.2, 0.25) is 0 Å². The number of aromatic hydroxyl groups is 1. The Morgan fingerprint density at radius 2 is 2.00 bits per heavy atom. The lowest BCUT2D eigenvalue weighted by molar-refractivity contribution is -0.120. The number of likely N-dealkylation sites (tertiary alicyclic amines) is 1. The van der Waals surface area contributed by atoms with Crippen LogP contribution < -0.4 is 4.74 Å². The van der Waals surface area contributed by atoms with E-state index in [4.69, 9.17) is 4.74 Å². The van der Waals surface area contributed by atoms with E-state index in [1.54, 1.807) is 11.0 Å². The molecule has 1 amide bonds. The average molecular weight is 249 g/mol. The molecule has 2 rings (SSSR count). The quantitative estimate of drug-likeness (QED) is 0.855. The second kappa shape index (κ2) is 5.08. The molecule has 96 valence electrons. The van der Waals surface area contributed by atoms with Gasteiger partial charge in [0.05, 0.1) is 12.7 Å². The molecule has 0 saturated carbocycles. The van der Waals surface area contributed by atoms with Crippen molar-refractivity contribution in [2.45, 2.75) is 12.8 Å². The number of methoxy groups -OCH3 is 1. The summed E-state index contributed by atoms with van der Waals surface area (Å²) in [5, 5.41) is 9.78. The highest BCUT2D eigenvalue weighted by atomic mass is 16.5. The van der Waals surface area contributed by atoms with Crippen LogP contribution in [0.4, 0.5) is 0 Å². The fourth-order valence-electron chi connectivity index (χ4n) is 1.95. The Labute approximate surface area is 105 Å². The normalized spacial score (nSPS) is 15.6. The van der Waals surface area contributed by atoms with Gasteiger partial charge in [0.2, 0.25) is 0 Å². The van der Waals surface area contributed by atoms with Gasteiger partial charge in [-0.2, -0.15) is 0 Å². The Morgan fingerprint density at radius 1 is 1.33 bits per heavy atom. The van der Waals surface area contributed by atoms with E-state index >= 15 is 0 Å². The van der Waals surface area contributed by atoms with Gasteiger partial charge in [-0.1, -0.05) is 0 Å². The molecular formula is C13H15NO4. The molecule has 1 N–H and O–H groups in total. The molecule has 0 unspecified atom stereocenters. The zero-order chi connectivity index (χ0) is 13.1. The van der Waals surface area contributed by atoms with Crippen LogP contribution >= 0.6 is 0 Å². The molecule has 1 aliphatic heterocycles. The van der Waals surface area contributed by atoms with Crippen LogP contribution in [0.3, 0.4) is 0 Å². The summed E-state index contributed by atoms with van der Waals surface area (Å²) in [6.07, 6.45) is 0.783. The third kappa shape index (κ3) is 2.45. The molecule has 0 spiro atoms. The number of Topliss-reactive ketones (excluding diaryl/α,β-unsaturated/α-hetero) is 1. The van der Waals surface area contributed by atoms with Crippen molar-refractivity contribution in [1.82, 2.24) is 4.90 Å². The fourth-order valence-corrected chi connectivity index (χ4v) is 1.95. The first-order valence-electron chi connectivity index (χ1n) is 5.80. The van der Waals surface area contributed by atoms with E-state index in [2.05, 4.69) is 0 Å². The first kappa shape index (κ1) is 12.4. The summed E-state index contributed by atoms with van der Waals surface area (Å²) in [4.78, 5) is 24.8. The van der Waals surface area contributed by atoms with Crippen molar-refractivity contribution in [3.63, 3.8) is 0 Å². The molecule has 1 aromatic carbocycles. The number of hydrogen-bond acceptors (Lipinski definition) is 4. The fraction of sp³-hybridized carbons (Fsp3) is 0.385. The number of hydrogen-bond donors (Lipinski definition) is 1. The Morgan fingerprint density at radius 3 is 2.56 bits per heavy atom. The molecule has 1 heterocycles. The van der Waals surface area contributed by atoms with Gasteiger partial charge in [-0.3, -0.25) is 9.59 Å². The van der Waals surface area contributed by atoms with Crippen LogP contribution in [0.15, 0.2) is 18.2 Å². The van der Waals surface area contributed by atoms with Crippen LogP contribution in [-0.2, 0) is 4.79 Å². The van der Waals surface area contributed by atoms with Gasteiger partial charge in [-0.25, -0.2) is 0 Å². The van der Waals surface area contributed by atoms with Gasteiger partial charge in [0.1, 0.15) is 17.3 Å². The highest BCUT2D eigenvalue weighted by Gasteiger charge is 2.23. The van der Waals surface area contributed by atoms with Crippen LogP contribution in [-0.4, -0.2) is 41.9 Å². The lowest BCUT2D eigenvalue weighted by Gasteiger charge is -2.26. The molecule has 0 aliphatic carbocycles. The lowest BCUT2D eigenvalue weighted by atomic mass is 10.1. The van der Waals surface area contributed by atoms with Gasteiger partial charge >= 0.3 is 0 Å². The monoisotopic (exact) mass is 249 g/mol. The minimum Gasteiger partial charge on any atom is -0.507 e. The number of rotatable bonds is 2. The van der Waals surface area contributed by atoms with Gasteiger partial charge in [-0.05, 0) is 12.1 Å². The van der Waals surface area contributed by atoms with Crippen molar-refractivity contribution in [3.8, 4) is 11.5 Å². The first-order chi connectivity index (χ1) is 8.61. The number of piperidine rings is 1. The minimum absolute atomic E-state index is 0.101. The molecule has 5 nitrogen and oxygen atoms in total. The summed E-state index contributed by atoms with van der Waals surface area (Å²) in [5.41, 5.74) is 0.241. The van der Waals surface area contributed by atoms with Crippen molar-refractivity contribution in [2.75, 3.05) is 20.2 Å². The van der Waals surface area contributed by atoms with Gasteiger partial charge in [0.25, 0.3) is 5.91 Å². The minimum atomic E-state index is -0.248. The summed E-state index contributed by atoms with van der Waals surface area (Å²) in [5.74, 6) is 0.328. The van der Waals surface area contributed by atoms with E-state index in [1.807, 2.05) is 0 Å². The summed E-state index contributed by atoms with van der Waals surface area (Å²) in [6.45, 7) is 0.840. The molecule has 5 heteroatoms. The molecular weight excluding hydrogens is 234 g/mol. The summed E-state index contributed by atoms with van der Waals surface area (Å²) in [6, 6.07) is 4.57. The number of phenolic OH excluding ortho intramolecular Hbond substituents is 1. The predicted octanol–water partition coefficient (Wildman–Crippen LogP) is 1.21. The number of carbonyl (C=O) groups is 2. The van der Waals surface area contributed by atoms with E-state index in [-0.39, 0.29) is 23.0 Å². The maximum absolute atomic E-state index is 12.1. The Hall–Kier alpha value is -2.04. The van der Waals surface area contributed by atoms with Crippen molar-refractivity contribution in [3.05, 3.63) is 23.8 Å². The van der Waals surface area contributed by atoms with E-state index < -0.39 is 0 Å². The van der Waals surface area contributed by atoms with Crippen molar-refractivity contribution >= 4 is 11.7 Å². The van der Waals surface area contributed by atoms with Crippen LogP contribution in [0.5, 0.6) is 11.5 Å². The first-order valence-corrected chi connectivity index (χ1v) is 5.80. The number of phenols is 1. The van der Waals surface area contributed by atoms with Gasteiger partial charge in [0.15, 0.2) is 0 Å². The SMILES string of the molecule is COc1ccc(C(=O)N2CCC(=O)CC2)c(O)c1. The standard InChI is InChI=1S/C13H15NO4/c1-18-10-2-3-11(12(16)8-10)13(17)14-6-4-9(15)5-7-14/h2-3,8,16H,4-7H2,1H3. The van der Waals surface area contributed by atoms with Crippen molar-refractivity contribution in [2.24, 2.45) is 0 Å². The number of ether oxygens (including phenoxy) is 1. The van der Waals surface area contributed by atoms with Crippen LogP contribution in [0, 0.1) is 0 Å². The molecule has 1 aliphatic rings. The predicted molar refractivity (Wildman–Crippen MR) is 64.8 cm³/mol. The Kier molecular flexibility index (Phi) is 3.50. The molecule has 1 aromatic rings. The van der Waals surface area contributed by atoms with Gasteiger partial charge in [0, 0.05) is 32.0 Å². The van der Waals surface area contributed by atoms with Crippen LogP contribution in [0.25, 0.3) is 0 Å². The smallest absolute Gasteiger partial charge is 0.257 e. The molecule has 0 bridgehead atoms. The number of benzene rings is 1.